The van der Waals surface area contributed by atoms with Crippen LogP contribution in [0.3, 0.4) is 0 Å². The summed E-state index contributed by atoms with van der Waals surface area (Å²) < 4.78 is 5.10. The molecule has 2 rings (SSSR count). The van der Waals surface area contributed by atoms with Crippen molar-refractivity contribution in [2.24, 2.45) is 5.92 Å². The molecule has 2 atom stereocenters. The maximum atomic E-state index is 10.8. The summed E-state index contributed by atoms with van der Waals surface area (Å²) in [5.41, 5.74) is 0.891. The van der Waals surface area contributed by atoms with E-state index in [2.05, 4.69) is 19.0 Å². The SMILES string of the molecule is CC1CCc2c(C(=O)O)noc2C1C. The number of aromatic carboxylic acids is 1. The van der Waals surface area contributed by atoms with Gasteiger partial charge in [0.05, 0.1) is 0 Å². The molecule has 0 aromatic carbocycles. The smallest absolute Gasteiger partial charge is 0.358 e. The van der Waals surface area contributed by atoms with Crippen LogP contribution < -0.4 is 0 Å². The van der Waals surface area contributed by atoms with Crippen molar-refractivity contribution in [2.75, 3.05) is 0 Å². The van der Waals surface area contributed by atoms with Gasteiger partial charge in [-0.25, -0.2) is 4.79 Å². The molecule has 0 saturated carbocycles. The number of rotatable bonds is 1. The van der Waals surface area contributed by atoms with Crippen molar-refractivity contribution in [3.05, 3.63) is 17.0 Å². The van der Waals surface area contributed by atoms with Gasteiger partial charge in [0.15, 0.2) is 5.69 Å². The molecular weight excluding hydrogens is 182 g/mol. The molecule has 1 aromatic heterocycles. The molecule has 2 unspecified atom stereocenters. The average Bonchev–Trinajstić information content (AvgIpc) is 2.55. The van der Waals surface area contributed by atoms with Crippen molar-refractivity contribution in [3.8, 4) is 0 Å². The highest BCUT2D eigenvalue weighted by atomic mass is 16.5. The van der Waals surface area contributed by atoms with Gasteiger partial charge in [-0.2, -0.15) is 0 Å². The van der Waals surface area contributed by atoms with Crippen molar-refractivity contribution in [1.29, 1.82) is 0 Å². The maximum Gasteiger partial charge on any atom is 0.358 e. The Morgan fingerprint density at radius 3 is 2.93 bits per heavy atom. The van der Waals surface area contributed by atoms with Crippen LogP contribution in [0.2, 0.25) is 0 Å². The number of nitrogens with zero attached hydrogens (tertiary/aromatic N) is 1. The second-order valence-corrected chi connectivity index (χ2v) is 3.98. The first kappa shape index (κ1) is 9.24. The standard InChI is InChI=1S/C10H13NO3/c1-5-3-4-7-8(10(12)13)11-14-9(7)6(5)2/h5-6H,3-4H2,1-2H3,(H,12,13). The molecule has 76 valence electrons. The van der Waals surface area contributed by atoms with E-state index in [0.717, 1.165) is 24.2 Å². The lowest BCUT2D eigenvalue weighted by atomic mass is 9.81. The summed E-state index contributed by atoms with van der Waals surface area (Å²) in [4.78, 5) is 10.8. The van der Waals surface area contributed by atoms with Gasteiger partial charge in [0.2, 0.25) is 0 Å². The Kier molecular flexibility index (Phi) is 2.06. The van der Waals surface area contributed by atoms with E-state index in [9.17, 15) is 4.79 Å². The molecule has 1 aromatic rings. The summed E-state index contributed by atoms with van der Waals surface area (Å²) in [7, 11) is 0. The third kappa shape index (κ3) is 1.22. The van der Waals surface area contributed by atoms with Crippen LogP contribution >= 0.6 is 0 Å². The second-order valence-electron chi connectivity index (χ2n) is 3.98. The quantitative estimate of drug-likeness (QED) is 0.744. The maximum absolute atomic E-state index is 10.8. The van der Waals surface area contributed by atoms with E-state index in [1.165, 1.54) is 0 Å². The Balaban J connectivity index is 2.45. The number of carboxylic acid groups (broad SMARTS) is 1. The van der Waals surface area contributed by atoms with Gasteiger partial charge in [-0.15, -0.1) is 0 Å². The first-order valence-electron chi connectivity index (χ1n) is 4.83. The van der Waals surface area contributed by atoms with Crippen molar-refractivity contribution >= 4 is 5.97 Å². The van der Waals surface area contributed by atoms with E-state index in [-0.39, 0.29) is 11.6 Å². The molecule has 0 bridgehead atoms. The largest absolute Gasteiger partial charge is 0.476 e. The average molecular weight is 195 g/mol. The van der Waals surface area contributed by atoms with Crippen LogP contribution in [-0.4, -0.2) is 16.2 Å². The zero-order valence-electron chi connectivity index (χ0n) is 8.28. The molecular formula is C10H13NO3. The minimum atomic E-state index is -0.989. The van der Waals surface area contributed by atoms with Crippen LogP contribution in [0, 0.1) is 5.92 Å². The zero-order valence-corrected chi connectivity index (χ0v) is 8.28. The number of carboxylic acids is 1. The Morgan fingerprint density at radius 2 is 2.29 bits per heavy atom. The molecule has 14 heavy (non-hydrogen) atoms. The fourth-order valence-corrected chi connectivity index (χ4v) is 1.97. The first-order chi connectivity index (χ1) is 6.61. The molecule has 0 amide bonds. The Morgan fingerprint density at radius 1 is 1.57 bits per heavy atom. The predicted molar refractivity (Wildman–Crippen MR) is 49.4 cm³/mol. The molecule has 0 aliphatic heterocycles. The van der Waals surface area contributed by atoms with Gasteiger partial charge in [-0.1, -0.05) is 19.0 Å². The normalized spacial score (nSPS) is 25.9. The molecule has 0 spiro atoms. The highest BCUT2D eigenvalue weighted by molar-refractivity contribution is 5.87. The monoisotopic (exact) mass is 195 g/mol. The van der Waals surface area contributed by atoms with E-state index in [1.807, 2.05) is 0 Å². The van der Waals surface area contributed by atoms with Crippen LogP contribution in [0.5, 0.6) is 0 Å². The fraction of sp³-hybridized carbons (Fsp3) is 0.600. The van der Waals surface area contributed by atoms with Crippen molar-refractivity contribution < 1.29 is 14.4 Å². The van der Waals surface area contributed by atoms with Crippen LogP contribution in [0.1, 0.15) is 48.0 Å². The minimum Gasteiger partial charge on any atom is -0.476 e. The van der Waals surface area contributed by atoms with Gasteiger partial charge in [0.25, 0.3) is 0 Å². The molecule has 1 aliphatic rings. The van der Waals surface area contributed by atoms with Crippen molar-refractivity contribution in [1.82, 2.24) is 5.16 Å². The number of fused-ring (bicyclic) bond motifs is 1. The lowest BCUT2D eigenvalue weighted by Gasteiger charge is -2.23. The van der Waals surface area contributed by atoms with E-state index in [4.69, 9.17) is 9.63 Å². The molecule has 1 N–H and O–H groups in total. The molecule has 1 aliphatic carbocycles. The third-order valence-electron chi connectivity index (χ3n) is 3.14. The summed E-state index contributed by atoms with van der Waals surface area (Å²) in [6, 6.07) is 0. The fourth-order valence-electron chi connectivity index (χ4n) is 1.97. The molecule has 0 radical (unpaired) electrons. The number of hydrogen-bond acceptors (Lipinski definition) is 3. The summed E-state index contributed by atoms with van der Waals surface area (Å²) >= 11 is 0. The summed E-state index contributed by atoms with van der Waals surface area (Å²) in [5, 5.41) is 12.5. The summed E-state index contributed by atoms with van der Waals surface area (Å²) in [5.74, 6) is 0.592. The summed E-state index contributed by atoms with van der Waals surface area (Å²) in [6.07, 6.45) is 1.78. The first-order valence-corrected chi connectivity index (χ1v) is 4.83. The minimum absolute atomic E-state index is 0.0961. The molecule has 1 heterocycles. The van der Waals surface area contributed by atoms with Gasteiger partial charge >= 0.3 is 5.97 Å². The van der Waals surface area contributed by atoms with E-state index in [1.54, 1.807) is 0 Å². The van der Waals surface area contributed by atoms with Crippen LogP contribution in [-0.2, 0) is 6.42 Å². The van der Waals surface area contributed by atoms with Crippen LogP contribution in [0.25, 0.3) is 0 Å². The molecule has 0 fully saturated rings. The number of carbonyl (C=O) groups is 1. The lowest BCUT2D eigenvalue weighted by molar-refractivity contribution is 0.0684. The second kappa shape index (κ2) is 3.12. The van der Waals surface area contributed by atoms with Gasteiger partial charge in [0, 0.05) is 11.5 Å². The number of hydrogen-bond donors (Lipinski definition) is 1. The van der Waals surface area contributed by atoms with E-state index < -0.39 is 5.97 Å². The third-order valence-corrected chi connectivity index (χ3v) is 3.14. The van der Waals surface area contributed by atoms with Crippen molar-refractivity contribution in [2.45, 2.75) is 32.6 Å². The summed E-state index contributed by atoms with van der Waals surface area (Å²) in [6.45, 7) is 4.20. The van der Waals surface area contributed by atoms with E-state index in [0.29, 0.717) is 5.92 Å². The van der Waals surface area contributed by atoms with Gasteiger partial charge < -0.3 is 9.63 Å². The van der Waals surface area contributed by atoms with Gasteiger partial charge in [-0.05, 0) is 18.8 Å². The van der Waals surface area contributed by atoms with E-state index >= 15 is 0 Å². The highest BCUT2D eigenvalue weighted by Gasteiger charge is 2.31. The Bertz CT molecular complexity index is 369. The Labute approximate surface area is 81.9 Å². The molecule has 4 heteroatoms. The topological polar surface area (TPSA) is 63.3 Å². The molecule has 0 saturated heterocycles. The van der Waals surface area contributed by atoms with Gasteiger partial charge in [0.1, 0.15) is 5.76 Å². The van der Waals surface area contributed by atoms with Gasteiger partial charge in [-0.3, -0.25) is 0 Å². The Hall–Kier alpha value is -1.32. The van der Waals surface area contributed by atoms with Crippen LogP contribution in [0.15, 0.2) is 4.52 Å². The van der Waals surface area contributed by atoms with Crippen molar-refractivity contribution in [3.63, 3.8) is 0 Å². The zero-order chi connectivity index (χ0) is 10.3. The number of aromatic nitrogens is 1. The lowest BCUT2D eigenvalue weighted by Crippen LogP contribution is -2.16. The molecule has 4 nitrogen and oxygen atoms in total. The highest BCUT2D eigenvalue weighted by Crippen LogP contribution is 2.36. The predicted octanol–water partition coefficient (Wildman–Crippen LogP) is 2.06. The van der Waals surface area contributed by atoms with Crippen LogP contribution in [0.4, 0.5) is 0 Å².